The van der Waals surface area contributed by atoms with Gasteiger partial charge in [0.05, 0.1) is 0 Å². The monoisotopic (exact) mass is 268 g/mol. The summed E-state index contributed by atoms with van der Waals surface area (Å²) in [7, 11) is 2.25. The molecule has 2 nitrogen and oxygen atoms in total. The van der Waals surface area contributed by atoms with Gasteiger partial charge in [-0.1, -0.05) is 52.4 Å². The highest BCUT2D eigenvalue weighted by atomic mass is 15.2. The molecule has 0 aromatic heterocycles. The van der Waals surface area contributed by atoms with Crippen molar-refractivity contribution < 1.29 is 0 Å². The first-order valence-electron chi connectivity index (χ1n) is 8.67. The predicted octanol–water partition coefficient (Wildman–Crippen LogP) is 4.01. The fraction of sp³-hybridized carbons (Fsp3) is 1.00. The van der Waals surface area contributed by atoms with Crippen LogP contribution in [0.3, 0.4) is 0 Å². The van der Waals surface area contributed by atoms with Crippen molar-refractivity contribution >= 4 is 0 Å². The zero-order valence-electron chi connectivity index (χ0n) is 13.7. The first-order chi connectivity index (χ1) is 9.26. The zero-order chi connectivity index (χ0) is 13.9. The average Bonchev–Trinajstić information content (AvgIpc) is 2.43. The number of piperazine rings is 1. The molecule has 1 aliphatic rings. The molecule has 1 rings (SSSR count). The van der Waals surface area contributed by atoms with Crippen LogP contribution in [-0.2, 0) is 0 Å². The van der Waals surface area contributed by atoms with Crippen molar-refractivity contribution in [3.8, 4) is 0 Å². The Morgan fingerprint density at radius 2 is 1.42 bits per heavy atom. The van der Waals surface area contributed by atoms with E-state index in [9.17, 15) is 0 Å². The summed E-state index contributed by atoms with van der Waals surface area (Å²) in [6.07, 6.45) is 11.4. The van der Waals surface area contributed by atoms with E-state index in [4.69, 9.17) is 0 Å². The van der Waals surface area contributed by atoms with E-state index in [1.54, 1.807) is 0 Å². The molecule has 0 amide bonds. The summed E-state index contributed by atoms with van der Waals surface area (Å²) >= 11 is 0. The van der Waals surface area contributed by atoms with Crippen LogP contribution in [0.4, 0.5) is 0 Å². The van der Waals surface area contributed by atoms with Crippen molar-refractivity contribution in [2.24, 2.45) is 5.92 Å². The normalized spacial score (nSPS) is 19.7. The number of unbranched alkanes of at least 4 members (excludes halogenated alkanes) is 4. The summed E-state index contributed by atoms with van der Waals surface area (Å²) < 4.78 is 0. The highest BCUT2D eigenvalue weighted by Crippen LogP contribution is 2.19. The van der Waals surface area contributed by atoms with Crippen LogP contribution in [0.5, 0.6) is 0 Å². The van der Waals surface area contributed by atoms with E-state index in [-0.39, 0.29) is 0 Å². The third-order valence-corrected chi connectivity index (χ3v) is 4.54. The highest BCUT2D eigenvalue weighted by Gasteiger charge is 2.17. The van der Waals surface area contributed by atoms with Crippen molar-refractivity contribution in [3.63, 3.8) is 0 Å². The fourth-order valence-corrected chi connectivity index (χ4v) is 3.08. The van der Waals surface area contributed by atoms with Gasteiger partial charge in [0, 0.05) is 32.7 Å². The summed E-state index contributed by atoms with van der Waals surface area (Å²) in [6, 6.07) is 0. The highest BCUT2D eigenvalue weighted by molar-refractivity contribution is 4.73. The molecule has 114 valence electrons. The molecule has 1 heterocycles. The standard InChI is InChI=1S/C17H36N2/c1-4-6-8-9-11-17(10-7-5-2)16-19-14-12-18(3)13-15-19/h17H,4-16H2,1-3H3. The Balaban J connectivity index is 2.23. The van der Waals surface area contributed by atoms with Gasteiger partial charge in [-0.2, -0.15) is 0 Å². The second-order valence-electron chi connectivity index (χ2n) is 6.46. The molecule has 1 aliphatic heterocycles. The Kier molecular flexibility index (Phi) is 9.54. The number of hydrogen-bond donors (Lipinski definition) is 0. The lowest BCUT2D eigenvalue weighted by molar-refractivity contribution is 0.130. The number of hydrogen-bond acceptors (Lipinski definition) is 2. The maximum Gasteiger partial charge on any atom is 0.0110 e. The molecule has 2 heteroatoms. The molecule has 0 spiro atoms. The van der Waals surface area contributed by atoms with Crippen molar-refractivity contribution in [1.82, 2.24) is 9.80 Å². The van der Waals surface area contributed by atoms with Crippen molar-refractivity contribution in [3.05, 3.63) is 0 Å². The summed E-state index contributed by atoms with van der Waals surface area (Å²) in [4.78, 5) is 5.17. The molecule has 0 N–H and O–H groups in total. The quantitative estimate of drug-likeness (QED) is 0.552. The van der Waals surface area contributed by atoms with Crippen LogP contribution < -0.4 is 0 Å². The summed E-state index contributed by atoms with van der Waals surface area (Å²) in [6.45, 7) is 11.1. The Hall–Kier alpha value is -0.0800. The van der Waals surface area contributed by atoms with E-state index in [0.29, 0.717) is 0 Å². The molecular formula is C17H36N2. The van der Waals surface area contributed by atoms with Gasteiger partial charge in [0.1, 0.15) is 0 Å². The molecule has 1 saturated heterocycles. The third-order valence-electron chi connectivity index (χ3n) is 4.54. The predicted molar refractivity (Wildman–Crippen MR) is 85.7 cm³/mol. The molecule has 0 aromatic carbocycles. The molecule has 0 radical (unpaired) electrons. The molecule has 0 aliphatic carbocycles. The van der Waals surface area contributed by atoms with Crippen LogP contribution in [-0.4, -0.2) is 49.6 Å². The molecule has 1 unspecified atom stereocenters. The van der Waals surface area contributed by atoms with Gasteiger partial charge >= 0.3 is 0 Å². The van der Waals surface area contributed by atoms with Gasteiger partial charge in [0.25, 0.3) is 0 Å². The van der Waals surface area contributed by atoms with Gasteiger partial charge in [0.2, 0.25) is 0 Å². The maximum atomic E-state index is 2.71. The van der Waals surface area contributed by atoms with Crippen LogP contribution in [0.1, 0.15) is 65.2 Å². The second-order valence-corrected chi connectivity index (χ2v) is 6.46. The lowest BCUT2D eigenvalue weighted by Crippen LogP contribution is -2.46. The molecule has 19 heavy (non-hydrogen) atoms. The summed E-state index contributed by atoms with van der Waals surface area (Å²) in [5, 5.41) is 0. The molecule has 0 saturated carbocycles. The smallest absolute Gasteiger partial charge is 0.0110 e. The zero-order valence-corrected chi connectivity index (χ0v) is 13.7. The first kappa shape index (κ1) is 17.0. The van der Waals surface area contributed by atoms with Gasteiger partial charge in [-0.3, -0.25) is 0 Å². The maximum absolute atomic E-state index is 2.71. The van der Waals surface area contributed by atoms with Crippen molar-refractivity contribution in [1.29, 1.82) is 0 Å². The molecule has 0 aromatic rings. The lowest BCUT2D eigenvalue weighted by atomic mass is 9.94. The van der Waals surface area contributed by atoms with E-state index < -0.39 is 0 Å². The van der Waals surface area contributed by atoms with Crippen molar-refractivity contribution in [2.45, 2.75) is 65.2 Å². The molecule has 1 fully saturated rings. The first-order valence-corrected chi connectivity index (χ1v) is 8.67. The lowest BCUT2D eigenvalue weighted by Gasteiger charge is -2.34. The Bertz CT molecular complexity index is 197. The van der Waals surface area contributed by atoms with Crippen LogP contribution in [0.25, 0.3) is 0 Å². The third kappa shape index (κ3) is 7.94. The Labute approximate surface area is 121 Å². The van der Waals surface area contributed by atoms with E-state index in [0.717, 1.165) is 5.92 Å². The summed E-state index contributed by atoms with van der Waals surface area (Å²) in [5.74, 6) is 0.959. The number of likely N-dealkylation sites (N-methyl/N-ethyl adjacent to an activating group) is 1. The van der Waals surface area contributed by atoms with Crippen molar-refractivity contribution in [2.75, 3.05) is 39.8 Å². The minimum atomic E-state index is 0.959. The Morgan fingerprint density at radius 1 is 0.789 bits per heavy atom. The topological polar surface area (TPSA) is 6.48 Å². The minimum Gasteiger partial charge on any atom is -0.304 e. The van der Waals surface area contributed by atoms with Gasteiger partial charge in [-0.25, -0.2) is 0 Å². The van der Waals surface area contributed by atoms with E-state index >= 15 is 0 Å². The number of rotatable bonds is 10. The molecule has 1 atom stereocenters. The molecule has 0 bridgehead atoms. The molecular weight excluding hydrogens is 232 g/mol. The van der Waals surface area contributed by atoms with Gasteiger partial charge < -0.3 is 9.80 Å². The number of nitrogens with zero attached hydrogens (tertiary/aromatic N) is 2. The Morgan fingerprint density at radius 3 is 2.05 bits per heavy atom. The van der Waals surface area contributed by atoms with Gasteiger partial charge in [-0.05, 0) is 25.8 Å². The van der Waals surface area contributed by atoms with Gasteiger partial charge in [-0.15, -0.1) is 0 Å². The largest absolute Gasteiger partial charge is 0.304 e. The SMILES string of the molecule is CCCCCCC(CCCC)CN1CCN(C)CC1. The van der Waals surface area contributed by atoms with E-state index in [1.165, 1.54) is 84.1 Å². The van der Waals surface area contributed by atoms with Crippen LogP contribution in [0.2, 0.25) is 0 Å². The second kappa shape index (κ2) is 10.7. The van der Waals surface area contributed by atoms with Crippen LogP contribution in [0, 0.1) is 5.92 Å². The van der Waals surface area contributed by atoms with Gasteiger partial charge in [0.15, 0.2) is 0 Å². The summed E-state index contributed by atoms with van der Waals surface area (Å²) in [5.41, 5.74) is 0. The van der Waals surface area contributed by atoms with Crippen LogP contribution >= 0.6 is 0 Å². The fourth-order valence-electron chi connectivity index (χ4n) is 3.08. The minimum absolute atomic E-state index is 0.959. The van der Waals surface area contributed by atoms with E-state index in [1.807, 2.05) is 0 Å². The average molecular weight is 268 g/mol. The van der Waals surface area contributed by atoms with Crippen LogP contribution in [0.15, 0.2) is 0 Å². The van der Waals surface area contributed by atoms with E-state index in [2.05, 4.69) is 30.7 Å².